The van der Waals surface area contributed by atoms with Crippen LogP contribution in [0, 0.1) is 6.92 Å². The van der Waals surface area contributed by atoms with Crippen molar-refractivity contribution < 1.29 is 9.84 Å². The summed E-state index contributed by atoms with van der Waals surface area (Å²) in [7, 11) is 0. The summed E-state index contributed by atoms with van der Waals surface area (Å²) in [6.07, 6.45) is 2.88. The minimum atomic E-state index is 0.0253. The molecule has 0 saturated carbocycles. The fraction of sp³-hybridized carbons (Fsp3) is 0.261. The van der Waals surface area contributed by atoms with Gasteiger partial charge in [0.2, 0.25) is 5.88 Å². The number of anilines is 1. The van der Waals surface area contributed by atoms with Crippen molar-refractivity contribution in [1.29, 1.82) is 0 Å². The van der Waals surface area contributed by atoms with Crippen molar-refractivity contribution in [2.45, 2.75) is 26.1 Å². The first-order valence-electron chi connectivity index (χ1n) is 9.36. The summed E-state index contributed by atoms with van der Waals surface area (Å²) < 4.78 is 6.03. The van der Waals surface area contributed by atoms with Crippen molar-refractivity contribution in [1.82, 2.24) is 4.98 Å². The van der Waals surface area contributed by atoms with E-state index in [4.69, 9.17) is 4.74 Å². The third-order valence-corrected chi connectivity index (χ3v) is 5.01. The van der Waals surface area contributed by atoms with Crippen molar-refractivity contribution in [2.24, 2.45) is 0 Å². The molecule has 1 fully saturated rings. The van der Waals surface area contributed by atoms with Crippen LogP contribution in [-0.2, 0) is 6.61 Å². The highest BCUT2D eigenvalue weighted by Gasteiger charge is 2.26. The molecule has 0 radical (unpaired) electrons. The minimum absolute atomic E-state index is 0.0253. The molecule has 4 nitrogen and oxygen atoms in total. The normalized spacial score (nSPS) is 16.5. The van der Waals surface area contributed by atoms with E-state index >= 15 is 0 Å². The van der Waals surface area contributed by atoms with E-state index in [-0.39, 0.29) is 12.7 Å². The Balaban J connectivity index is 1.49. The van der Waals surface area contributed by atoms with Gasteiger partial charge in [-0.2, -0.15) is 0 Å². The predicted molar refractivity (Wildman–Crippen MR) is 108 cm³/mol. The van der Waals surface area contributed by atoms with Crippen molar-refractivity contribution in [3.05, 3.63) is 78.0 Å². The fourth-order valence-electron chi connectivity index (χ4n) is 3.57. The van der Waals surface area contributed by atoms with Crippen LogP contribution >= 0.6 is 0 Å². The predicted octanol–water partition coefficient (Wildman–Crippen LogP) is 4.21. The number of rotatable bonds is 5. The zero-order valence-corrected chi connectivity index (χ0v) is 15.5. The number of aliphatic hydroxyl groups excluding tert-OH is 1. The van der Waals surface area contributed by atoms with Gasteiger partial charge in [0.25, 0.3) is 0 Å². The largest absolute Gasteiger partial charge is 0.472 e. The number of nitrogens with zero attached hydrogens (tertiary/aromatic N) is 2. The van der Waals surface area contributed by atoms with Gasteiger partial charge in [0, 0.05) is 36.5 Å². The molecule has 0 aliphatic carbocycles. The Labute approximate surface area is 160 Å². The molecule has 0 bridgehead atoms. The number of hydrogen-bond donors (Lipinski definition) is 1. The molecule has 1 aliphatic rings. The molecule has 0 spiro atoms. The monoisotopic (exact) mass is 360 g/mol. The maximum Gasteiger partial charge on any atom is 0.213 e. The first kappa shape index (κ1) is 17.6. The second-order valence-corrected chi connectivity index (χ2v) is 7.02. The van der Waals surface area contributed by atoms with E-state index in [2.05, 4.69) is 40.2 Å². The van der Waals surface area contributed by atoms with Crippen LogP contribution in [0.3, 0.4) is 0 Å². The third kappa shape index (κ3) is 3.96. The molecule has 0 amide bonds. The number of pyridine rings is 1. The SMILES string of the molecule is Cc1ccc(OC2CCN(c3ccc(-c4ccccc4)cc3CO)C2)nc1. The number of benzene rings is 2. The molecule has 1 aromatic heterocycles. The van der Waals surface area contributed by atoms with E-state index in [0.29, 0.717) is 5.88 Å². The van der Waals surface area contributed by atoms with Gasteiger partial charge in [0.1, 0.15) is 6.10 Å². The third-order valence-electron chi connectivity index (χ3n) is 5.01. The lowest BCUT2D eigenvalue weighted by Gasteiger charge is -2.22. The molecule has 2 aromatic carbocycles. The molecule has 4 rings (SSSR count). The molecule has 3 aromatic rings. The highest BCUT2D eigenvalue weighted by molar-refractivity contribution is 5.69. The van der Waals surface area contributed by atoms with Crippen molar-refractivity contribution >= 4 is 5.69 Å². The molecular formula is C23H24N2O2. The van der Waals surface area contributed by atoms with Gasteiger partial charge in [0.15, 0.2) is 0 Å². The van der Waals surface area contributed by atoms with Crippen LogP contribution < -0.4 is 9.64 Å². The van der Waals surface area contributed by atoms with Gasteiger partial charge in [-0.3, -0.25) is 0 Å². The molecule has 1 atom stereocenters. The summed E-state index contributed by atoms with van der Waals surface area (Å²) >= 11 is 0. The average molecular weight is 360 g/mol. The summed E-state index contributed by atoms with van der Waals surface area (Å²) in [5.74, 6) is 0.675. The number of aliphatic hydroxyl groups is 1. The van der Waals surface area contributed by atoms with Crippen LogP contribution in [0.5, 0.6) is 5.88 Å². The smallest absolute Gasteiger partial charge is 0.213 e. The van der Waals surface area contributed by atoms with E-state index in [0.717, 1.165) is 47.5 Å². The molecule has 2 heterocycles. The number of hydrogen-bond acceptors (Lipinski definition) is 4. The van der Waals surface area contributed by atoms with Crippen LogP contribution in [0.2, 0.25) is 0 Å². The fourth-order valence-corrected chi connectivity index (χ4v) is 3.57. The molecule has 138 valence electrons. The van der Waals surface area contributed by atoms with Crippen LogP contribution in [0.1, 0.15) is 17.5 Å². The van der Waals surface area contributed by atoms with Gasteiger partial charge >= 0.3 is 0 Å². The highest BCUT2D eigenvalue weighted by Crippen LogP contribution is 2.30. The topological polar surface area (TPSA) is 45.6 Å². The lowest BCUT2D eigenvalue weighted by atomic mass is 10.0. The van der Waals surface area contributed by atoms with Gasteiger partial charge in [-0.1, -0.05) is 42.5 Å². The van der Waals surface area contributed by atoms with E-state index in [1.807, 2.05) is 43.5 Å². The van der Waals surface area contributed by atoms with Crippen LogP contribution in [-0.4, -0.2) is 29.3 Å². The van der Waals surface area contributed by atoms with Gasteiger partial charge in [0.05, 0.1) is 13.2 Å². The maximum atomic E-state index is 9.91. The minimum Gasteiger partial charge on any atom is -0.472 e. The van der Waals surface area contributed by atoms with Crippen LogP contribution in [0.4, 0.5) is 5.69 Å². The molecule has 1 unspecified atom stereocenters. The van der Waals surface area contributed by atoms with Crippen LogP contribution in [0.25, 0.3) is 11.1 Å². The lowest BCUT2D eigenvalue weighted by molar-refractivity contribution is 0.215. The van der Waals surface area contributed by atoms with Crippen LogP contribution in [0.15, 0.2) is 66.9 Å². The Morgan fingerprint density at radius 3 is 2.67 bits per heavy atom. The van der Waals surface area contributed by atoms with E-state index < -0.39 is 0 Å². The van der Waals surface area contributed by atoms with Gasteiger partial charge in [-0.05, 0) is 35.7 Å². The first-order chi connectivity index (χ1) is 13.2. The van der Waals surface area contributed by atoms with Gasteiger partial charge < -0.3 is 14.7 Å². The Morgan fingerprint density at radius 2 is 1.93 bits per heavy atom. The summed E-state index contributed by atoms with van der Waals surface area (Å²) in [5.41, 5.74) is 5.44. The zero-order chi connectivity index (χ0) is 18.6. The lowest BCUT2D eigenvalue weighted by Crippen LogP contribution is -2.25. The summed E-state index contributed by atoms with van der Waals surface area (Å²) in [6.45, 7) is 3.75. The average Bonchev–Trinajstić information content (AvgIpc) is 3.18. The number of aromatic nitrogens is 1. The summed E-state index contributed by atoms with van der Waals surface area (Å²) in [4.78, 5) is 6.63. The standard InChI is InChI=1S/C23H24N2O2/c1-17-7-10-23(24-14-17)27-21-11-12-25(15-21)22-9-8-19(13-20(22)16-26)18-5-3-2-4-6-18/h2-10,13-14,21,26H,11-12,15-16H2,1H3. The van der Waals surface area contributed by atoms with E-state index in [1.54, 1.807) is 0 Å². The summed E-state index contributed by atoms with van der Waals surface area (Å²) in [6, 6.07) is 20.5. The Hall–Kier alpha value is -2.85. The molecule has 4 heteroatoms. The molecular weight excluding hydrogens is 336 g/mol. The summed E-state index contributed by atoms with van der Waals surface area (Å²) in [5, 5.41) is 9.91. The number of ether oxygens (including phenoxy) is 1. The first-order valence-corrected chi connectivity index (χ1v) is 9.36. The van der Waals surface area contributed by atoms with Gasteiger partial charge in [-0.15, -0.1) is 0 Å². The molecule has 27 heavy (non-hydrogen) atoms. The molecule has 1 aliphatic heterocycles. The second kappa shape index (κ2) is 7.80. The van der Waals surface area contributed by atoms with Crippen molar-refractivity contribution in [2.75, 3.05) is 18.0 Å². The molecule has 1 saturated heterocycles. The second-order valence-electron chi connectivity index (χ2n) is 7.02. The quantitative estimate of drug-likeness (QED) is 0.740. The Bertz CT molecular complexity index is 894. The number of aryl methyl sites for hydroxylation is 1. The van der Waals surface area contributed by atoms with E-state index in [1.165, 1.54) is 0 Å². The van der Waals surface area contributed by atoms with Crippen molar-refractivity contribution in [3.63, 3.8) is 0 Å². The highest BCUT2D eigenvalue weighted by atomic mass is 16.5. The van der Waals surface area contributed by atoms with Gasteiger partial charge in [-0.25, -0.2) is 4.98 Å². The molecule has 1 N–H and O–H groups in total. The van der Waals surface area contributed by atoms with E-state index in [9.17, 15) is 5.11 Å². The van der Waals surface area contributed by atoms with Crippen molar-refractivity contribution in [3.8, 4) is 17.0 Å². The Kier molecular flexibility index (Phi) is 5.07. The zero-order valence-electron chi connectivity index (χ0n) is 15.5. The maximum absolute atomic E-state index is 9.91. The Morgan fingerprint density at radius 1 is 1.07 bits per heavy atom.